The zero-order chi connectivity index (χ0) is 14.4. The van der Waals surface area contributed by atoms with Crippen molar-refractivity contribution in [2.45, 2.75) is 25.9 Å². The molecule has 2 N–H and O–H groups in total. The lowest BCUT2D eigenvalue weighted by Crippen LogP contribution is -2.41. The number of amides is 2. The predicted molar refractivity (Wildman–Crippen MR) is 76.8 cm³/mol. The Labute approximate surface area is 121 Å². The molecule has 2 rings (SSSR count). The van der Waals surface area contributed by atoms with Crippen LogP contribution in [0.25, 0.3) is 0 Å². The molecule has 7 heteroatoms. The predicted octanol–water partition coefficient (Wildman–Crippen LogP) is 0.802. The number of rotatable bonds is 4. The summed E-state index contributed by atoms with van der Waals surface area (Å²) >= 11 is 1.52. The smallest absolute Gasteiger partial charge is 0.329 e. The maximum atomic E-state index is 11.5. The molecule has 1 fully saturated rings. The van der Waals surface area contributed by atoms with E-state index >= 15 is 0 Å². The van der Waals surface area contributed by atoms with Crippen molar-refractivity contribution in [2.24, 2.45) is 5.10 Å². The highest BCUT2D eigenvalue weighted by atomic mass is 32.1. The van der Waals surface area contributed by atoms with Crippen LogP contribution >= 0.6 is 11.3 Å². The summed E-state index contributed by atoms with van der Waals surface area (Å²) in [6, 6.07) is 1.96. The molecule has 0 spiro atoms. The third-order valence-corrected chi connectivity index (χ3v) is 3.92. The molecule has 0 saturated carbocycles. The van der Waals surface area contributed by atoms with E-state index in [4.69, 9.17) is 4.74 Å². The van der Waals surface area contributed by atoms with E-state index in [9.17, 15) is 9.59 Å². The number of carbonyl (C=O) groups is 2. The monoisotopic (exact) mass is 295 g/mol. The van der Waals surface area contributed by atoms with Crippen molar-refractivity contribution >= 4 is 29.4 Å². The van der Waals surface area contributed by atoms with E-state index in [0.29, 0.717) is 6.54 Å². The minimum atomic E-state index is -0.770. The number of ether oxygens (including phenoxy) is 1. The van der Waals surface area contributed by atoms with E-state index in [1.165, 1.54) is 17.6 Å². The van der Waals surface area contributed by atoms with E-state index in [-0.39, 0.29) is 6.10 Å². The van der Waals surface area contributed by atoms with Crippen molar-refractivity contribution in [2.75, 3.05) is 13.2 Å². The highest BCUT2D eigenvalue weighted by Crippen LogP contribution is 2.12. The fraction of sp³-hybridized carbons (Fsp3) is 0.462. The van der Waals surface area contributed by atoms with Gasteiger partial charge in [0.1, 0.15) is 0 Å². The molecule has 0 aromatic carbocycles. The summed E-state index contributed by atoms with van der Waals surface area (Å²) in [4.78, 5) is 23.9. The fourth-order valence-corrected chi connectivity index (χ4v) is 2.60. The lowest BCUT2D eigenvalue weighted by atomic mass is 10.2. The van der Waals surface area contributed by atoms with Crippen LogP contribution in [0.1, 0.15) is 23.3 Å². The molecule has 2 heterocycles. The Morgan fingerprint density at radius 2 is 2.40 bits per heavy atom. The molecule has 0 aliphatic carbocycles. The minimum absolute atomic E-state index is 0.0176. The van der Waals surface area contributed by atoms with Gasteiger partial charge >= 0.3 is 11.8 Å². The molecular formula is C13H17N3O3S. The molecular weight excluding hydrogens is 278 g/mol. The number of carbonyl (C=O) groups excluding carboxylic acids is 2. The Morgan fingerprint density at radius 3 is 3.05 bits per heavy atom. The Bertz CT molecular complexity index is 507. The van der Waals surface area contributed by atoms with Crippen LogP contribution in [0.2, 0.25) is 0 Å². The van der Waals surface area contributed by atoms with Gasteiger partial charge in [0.2, 0.25) is 0 Å². The summed E-state index contributed by atoms with van der Waals surface area (Å²) in [7, 11) is 0. The number of nitrogens with one attached hydrogen (secondary N) is 2. The van der Waals surface area contributed by atoms with E-state index < -0.39 is 11.8 Å². The van der Waals surface area contributed by atoms with Crippen LogP contribution in [0.4, 0.5) is 0 Å². The molecule has 20 heavy (non-hydrogen) atoms. The van der Waals surface area contributed by atoms with Gasteiger partial charge in [0.05, 0.1) is 12.3 Å². The van der Waals surface area contributed by atoms with Crippen LogP contribution in [-0.2, 0) is 14.3 Å². The number of thiophene rings is 1. The maximum Gasteiger partial charge on any atom is 0.329 e. The molecule has 1 aromatic rings. The molecule has 1 aromatic heterocycles. The van der Waals surface area contributed by atoms with Gasteiger partial charge in [-0.05, 0) is 36.8 Å². The van der Waals surface area contributed by atoms with Crippen molar-refractivity contribution in [3.8, 4) is 0 Å². The molecule has 108 valence electrons. The highest BCUT2D eigenvalue weighted by Gasteiger charge is 2.18. The number of hydrogen-bond acceptors (Lipinski definition) is 5. The molecule has 6 nitrogen and oxygen atoms in total. The first-order chi connectivity index (χ1) is 9.66. The Kier molecular flexibility index (Phi) is 5.25. The second kappa shape index (κ2) is 7.16. The number of nitrogens with zero attached hydrogens (tertiary/aromatic N) is 1. The fourth-order valence-electron chi connectivity index (χ4n) is 1.81. The first-order valence-electron chi connectivity index (χ1n) is 6.43. The first-order valence-corrected chi connectivity index (χ1v) is 7.31. The van der Waals surface area contributed by atoms with Gasteiger partial charge in [0.25, 0.3) is 0 Å². The van der Waals surface area contributed by atoms with Crippen LogP contribution in [0.15, 0.2) is 16.5 Å². The number of hydrogen-bond donors (Lipinski definition) is 2. The van der Waals surface area contributed by atoms with Crippen LogP contribution < -0.4 is 10.7 Å². The number of aryl methyl sites for hydroxylation is 1. The molecule has 0 radical (unpaired) electrons. The van der Waals surface area contributed by atoms with Gasteiger partial charge in [-0.2, -0.15) is 5.10 Å². The second-order valence-corrected chi connectivity index (χ2v) is 5.46. The summed E-state index contributed by atoms with van der Waals surface area (Å²) in [5, 5.41) is 8.24. The molecule has 1 atom stereocenters. The van der Waals surface area contributed by atoms with Crippen LogP contribution in [-0.4, -0.2) is 37.3 Å². The van der Waals surface area contributed by atoms with Crippen LogP contribution in [0.3, 0.4) is 0 Å². The Hall–Kier alpha value is -1.73. The normalized spacial score (nSPS) is 18.4. The average Bonchev–Trinajstić information content (AvgIpc) is 3.08. The standard InChI is InChI=1S/C13H17N3O3S/c1-9-4-6-20-11(9)8-15-16-13(18)12(17)14-7-10-3-2-5-19-10/h4,6,8,10H,2-3,5,7H2,1H3,(H,14,17)(H,16,18)/b15-8-/t10-/m0/s1. The molecule has 1 aliphatic heterocycles. The molecule has 0 unspecified atom stereocenters. The summed E-state index contributed by atoms with van der Waals surface area (Å²) in [6.45, 7) is 3.03. The van der Waals surface area contributed by atoms with Gasteiger partial charge in [-0.25, -0.2) is 5.43 Å². The molecule has 1 saturated heterocycles. The van der Waals surface area contributed by atoms with Crippen LogP contribution in [0.5, 0.6) is 0 Å². The lowest BCUT2D eigenvalue weighted by molar-refractivity contribution is -0.139. The number of hydrazone groups is 1. The average molecular weight is 295 g/mol. The van der Waals surface area contributed by atoms with Crippen molar-refractivity contribution in [1.82, 2.24) is 10.7 Å². The van der Waals surface area contributed by atoms with Gasteiger partial charge in [-0.1, -0.05) is 0 Å². The quantitative estimate of drug-likeness (QED) is 0.490. The second-order valence-electron chi connectivity index (χ2n) is 4.51. The maximum absolute atomic E-state index is 11.5. The highest BCUT2D eigenvalue weighted by molar-refractivity contribution is 7.11. The molecule has 1 aliphatic rings. The largest absolute Gasteiger partial charge is 0.376 e. The first kappa shape index (κ1) is 14.7. The summed E-state index contributed by atoms with van der Waals surface area (Å²) in [5.41, 5.74) is 3.29. The summed E-state index contributed by atoms with van der Waals surface area (Å²) in [6.07, 6.45) is 3.46. The van der Waals surface area contributed by atoms with Gasteiger partial charge in [0.15, 0.2) is 0 Å². The van der Waals surface area contributed by atoms with Gasteiger partial charge in [0, 0.05) is 18.0 Å². The van der Waals surface area contributed by atoms with Gasteiger partial charge in [-0.3, -0.25) is 9.59 Å². The van der Waals surface area contributed by atoms with E-state index in [0.717, 1.165) is 29.9 Å². The summed E-state index contributed by atoms with van der Waals surface area (Å²) in [5.74, 6) is -1.46. The summed E-state index contributed by atoms with van der Waals surface area (Å²) < 4.78 is 5.35. The zero-order valence-electron chi connectivity index (χ0n) is 11.2. The molecule has 2 amide bonds. The van der Waals surface area contributed by atoms with Crippen molar-refractivity contribution in [3.63, 3.8) is 0 Å². The molecule has 0 bridgehead atoms. The zero-order valence-corrected chi connectivity index (χ0v) is 12.0. The third-order valence-electron chi connectivity index (χ3n) is 2.97. The SMILES string of the molecule is Cc1ccsc1/C=N\NC(=O)C(=O)NC[C@@H]1CCCO1. The van der Waals surface area contributed by atoms with Gasteiger partial charge in [-0.15, -0.1) is 11.3 Å². The van der Waals surface area contributed by atoms with E-state index in [1.807, 2.05) is 18.4 Å². The lowest BCUT2D eigenvalue weighted by Gasteiger charge is -2.09. The Balaban J connectivity index is 1.72. The third kappa shape index (κ3) is 4.14. The van der Waals surface area contributed by atoms with Crippen molar-refractivity contribution in [1.29, 1.82) is 0 Å². The Morgan fingerprint density at radius 1 is 1.55 bits per heavy atom. The van der Waals surface area contributed by atoms with E-state index in [1.54, 1.807) is 0 Å². The topological polar surface area (TPSA) is 79.8 Å². The van der Waals surface area contributed by atoms with Crippen LogP contribution in [0, 0.1) is 6.92 Å². The van der Waals surface area contributed by atoms with Crippen molar-refractivity contribution in [3.05, 3.63) is 21.9 Å². The van der Waals surface area contributed by atoms with Gasteiger partial charge < -0.3 is 10.1 Å². The van der Waals surface area contributed by atoms with E-state index in [2.05, 4.69) is 15.8 Å². The minimum Gasteiger partial charge on any atom is -0.376 e. The van der Waals surface area contributed by atoms with Crippen molar-refractivity contribution < 1.29 is 14.3 Å².